The number of carboxylic acids is 1. The molecule has 3 N–H and O–H groups in total. The van der Waals surface area contributed by atoms with Crippen molar-refractivity contribution >= 4 is 17.6 Å². The van der Waals surface area contributed by atoms with Crippen molar-refractivity contribution in [2.45, 2.75) is 51.7 Å². The Labute approximate surface area is 227 Å². The molecule has 0 fully saturated rings. The van der Waals surface area contributed by atoms with Crippen molar-refractivity contribution in [3.05, 3.63) is 102 Å². The van der Waals surface area contributed by atoms with E-state index in [0.717, 1.165) is 23.4 Å². The number of hydrogen-bond acceptors (Lipinski definition) is 3. The molecule has 39 heavy (non-hydrogen) atoms. The Kier molecular flexibility index (Phi) is 8.94. The van der Waals surface area contributed by atoms with Crippen molar-refractivity contribution in [3.63, 3.8) is 0 Å². The molecular weight excluding hydrogens is 495 g/mol. The second-order valence-electron chi connectivity index (χ2n) is 9.68. The number of carbonyl (C=O) groups excluding carboxylic acids is 1. The van der Waals surface area contributed by atoms with Crippen LogP contribution in [0, 0.1) is 5.82 Å². The van der Waals surface area contributed by atoms with E-state index in [1.54, 1.807) is 12.1 Å². The Balaban J connectivity index is 2.00. The van der Waals surface area contributed by atoms with E-state index in [-0.39, 0.29) is 37.0 Å². The highest BCUT2D eigenvalue weighted by Crippen LogP contribution is 2.43. The number of aromatic nitrogens is 1. The molecule has 2 atom stereocenters. The smallest absolute Gasteiger partial charge is 0.305 e. The van der Waals surface area contributed by atoms with Gasteiger partial charge in [0.25, 0.3) is 5.91 Å². The fourth-order valence-electron chi connectivity index (χ4n) is 4.90. The van der Waals surface area contributed by atoms with Gasteiger partial charge in [0.2, 0.25) is 0 Å². The molecule has 1 amide bonds. The minimum absolute atomic E-state index is 0.0465. The molecule has 6 nitrogen and oxygen atoms in total. The number of anilines is 1. The number of aliphatic hydroxyl groups excluding tert-OH is 1. The molecule has 4 aromatic rings. The second-order valence-corrected chi connectivity index (χ2v) is 9.68. The summed E-state index contributed by atoms with van der Waals surface area (Å²) in [4.78, 5) is 25.3. The van der Waals surface area contributed by atoms with Gasteiger partial charge in [0.05, 0.1) is 23.8 Å². The van der Waals surface area contributed by atoms with Crippen molar-refractivity contribution in [2.24, 2.45) is 0 Å². The molecule has 0 aliphatic heterocycles. The van der Waals surface area contributed by atoms with Gasteiger partial charge in [-0.05, 0) is 66.3 Å². The number of halogens is 1. The van der Waals surface area contributed by atoms with Crippen LogP contribution in [0.15, 0.2) is 84.9 Å². The van der Waals surface area contributed by atoms with E-state index in [9.17, 15) is 24.2 Å². The lowest BCUT2D eigenvalue weighted by molar-refractivity contribution is -0.139. The molecule has 0 bridgehead atoms. The SMILES string of the molecule is CCC(C)c1c(C(=O)Nc2ccccc2)c(-c2ccccc2)c(-c2ccc(F)cc2)n1CC[C@@H](O)CC(=O)O. The highest BCUT2D eigenvalue weighted by Gasteiger charge is 2.31. The summed E-state index contributed by atoms with van der Waals surface area (Å²) >= 11 is 0. The number of carboxylic acid groups (broad SMARTS) is 1. The van der Waals surface area contributed by atoms with Gasteiger partial charge in [-0.15, -0.1) is 0 Å². The highest BCUT2D eigenvalue weighted by atomic mass is 19.1. The average Bonchev–Trinajstić information content (AvgIpc) is 3.28. The van der Waals surface area contributed by atoms with Crippen LogP contribution in [0.25, 0.3) is 22.4 Å². The largest absolute Gasteiger partial charge is 0.481 e. The standard InChI is InChI=1S/C32H33FN2O4/c1-3-21(2)30-29(32(39)34-25-12-8-5-9-13-25)28(22-10-6-4-7-11-22)31(23-14-16-24(33)17-15-23)35(30)19-18-26(36)20-27(37)38/h4-17,21,26,36H,3,18-20H2,1-2H3,(H,34,39)(H,37,38)/t21?,26-/m1/s1. The Hall–Kier alpha value is -4.23. The Morgan fingerprint density at radius 1 is 0.923 bits per heavy atom. The fourth-order valence-corrected chi connectivity index (χ4v) is 4.90. The van der Waals surface area contributed by atoms with Crippen LogP contribution in [0.1, 0.15) is 55.1 Å². The molecule has 0 saturated carbocycles. The lowest BCUT2D eigenvalue weighted by Gasteiger charge is -2.20. The third-order valence-electron chi connectivity index (χ3n) is 6.92. The van der Waals surface area contributed by atoms with Crippen LogP contribution in [-0.2, 0) is 11.3 Å². The fraction of sp³-hybridized carbons (Fsp3) is 0.250. The van der Waals surface area contributed by atoms with Gasteiger partial charge in [-0.1, -0.05) is 62.4 Å². The lowest BCUT2D eigenvalue weighted by atomic mass is 9.93. The van der Waals surface area contributed by atoms with E-state index in [0.29, 0.717) is 22.4 Å². The van der Waals surface area contributed by atoms with Gasteiger partial charge in [-0.2, -0.15) is 0 Å². The molecule has 1 heterocycles. The summed E-state index contributed by atoms with van der Waals surface area (Å²) in [6.45, 7) is 4.36. The first-order valence-electron chi connectivity index (χ1n) is 13.1. The number of nitrogens with one attached hydrogen (secondary N) is 1. The van der Waals surface area contributed by atoms with E-state index < -0.39 is 12.1 Å². The van der Waals surface area contributed by atoms with Crippen LogP contribution in [0.3, 0.4) is 0 Å². The summed E-state index contributed by atoms with van der Waals surface area (Å²) in [5.74, 6) is -1.78. The number of para-hydroxylation sites is 1. The predicted molar refractivity (Wildman–Crippen MR) is 151 cm³/mol. The summed E-state index contributed by atoms with van der Waals surface area (Å²) < 4.78 is 16.0. The maximum absolute atomic E-state index is 14.1. The van der Waals surface area contributed by atoms with Crippen LogP contribution in [0.5, 0.6) is 0 Å². The van der Waals surface area contributed by atoms with Gasteiger partial charge in [-0.3, -0.25) is 9.59 Å². The Bertz CT molecular complexity index is 1420. The quantitative estimate of drug-likeness (QED) is 0.196. The van der Waals surface area contributed by atoms with Gasteiger partial charge in [0, 0.05) is 23.5 Å². The molecule has 0 aliphatic carbocycles. The first-order valence-corrected chi connectivity index (χ1v) is 13.1. The third kappa shape index (κ3) is 6.44. The summed E-state index contributed by atoms with van der Waals surface area (Å²) in [6.07, 6.45) is -0.520. The zero-order valence-corrected chi connectivity index (χ0v) is 22.1. The van der Waals surface area contributed by atoms with E-state index in [4.69, 9.17) is 0 Å². The highest BCUT2D eigenvalue weighted by molar-refractivity contribution is 6.12. The molecular formula is C32H33FN2O4. The van der Waals surface area contributed by atoms with Gasteiger partial charge in [0.1, 0.15) is 5.82 Å². The minimum atomic E-state index is -1.08. The van der Waals surface area contributed by atoms with Crippen LogP contribution >= 0.6 is 0 Å². The van der Waals surface area contributed by atoms with Gasteiger partial charge < -0.3 is 20.1 Å². The molecule has 7 heteroatoms. The van der Waals surface area contributed by atoms with Crippen LogP contribution in [0.2, 0.25) is 0 Å². The summed E-state index contributed by atoms with van der Waals surface area (Å²) in [5.41, 5.74) is 4.91. The number of rotatable bonds is 11. The first kappa shape index (κ1) is 27.8. The third-order valence-corrected chi connectivity index (χ3v) is 6.92. The summed E-state index contributed by atoms with van der Waals surface area (Å²) in [5, 5.41) is 22.7. The van der Waals surface area contributed by atoms with Gasteiger partial charge >= 0.3 is 5.97 Å². The Morgan fingerprint density at radius 3 is 2.13 bits per heavy atom. The van der Waals surface area contributed by atoms with Crippen LogP contribution in [-0.4, -0.2) is 32.8 Å². The number of aliphatic carboxylic acids is 1. The number of hydrogen-bond donors (Lipinski definition) is 3. The van der Waals surface area contributed by atoms with E-state index in [1.807, 2.05) is 79.1 Å². The zero-order valence-electron chi connectivity index (χ0n) is 22.1. The van der Waals surface area contributed by atoms with Crippen molar-refractivity contribution in [3.8, 4) is 22.4 Å². The second kappa shape index (κ2) is 12.5. The first-order chi connectivity index (χ1) is 18.8. The number of amides is 1. The molecule has 1 aromatic heterocycles. The molecule has 1 unspecified atom stereocenters. The molecule has 0 aliphatic rings. The lowest BCUT2D eigenvalue weighted by Crippen LogP contribution is -2.19. The number of nitrogens with zero attached hydrogens (tertiary/aromatic N) is 1. The topological polar surface area (TPSA) is 91.6 Å². The van der Waals surface area contributed by atoms with Gasteiger partial charge in [0.15, 0.2) is 0 Å². The molecule has 0 radical (unpaired) electrons. The maximum Gasteiger partial charge on any atom is 0.305 e. The number of carbonyl (C=O) groups is 2. The monoisotopic (exact) mass is 528 g/mol. The van der Waals surface area contributed by atoms with E-state index in [1.165, 1.54) is 12.1 Å². The molecule has 202 valence electrons. The van der Waals surface area contributed by atoms with Crippen molar-refractivity contribution in [1.82, 2.24) is 4.57 Å². The normalized spacial score (nSPS) is 12.6. The summed E-state index contributed by atoms with van der Waals surface area (Å²) in [7, 11) is 0. The molecule has 0 spiro atoms. The molecule has 0 saturated heterocycles. The van der Waals surface area contributed by atoms with Gasteiger partial charge in [-0.25, -0.2) is 4.39 Å². The Morgan fingerprint density at radius 2 is 1.54 bits per heavy atom. The maximum atomic E-state index is 14.1. The minimum Gasteiger partial charge on any atom is -0.481 e. The van der Waals surface area contributed by atoms with Crippen molar-refractivity contribution in [2.75, 3.05) is 5.32 Å². The van der Waals surface area contributed by atoms with E-state index in [2.05, 4.69) is 5.32 Å². The number of aliphatic hydroxyl groups is 1. The van der Waals surface area contributed by atoms with Crippen LogP contribution < -0.4 is 5.32 Å². The molecule has 4 rings (SSSR count). The predicted octanol–water partition coefficient (Wildman–Crippen LogP) is 6.95. The number of benzene rings is 3. The molecule has 3 aromatic carbocycles. The zero-order chi connectivity index (χ0) is 27.9. The average molecular weight is 529 g/mol. The van der Waals surface area contributed by atoms with Crippen LogP contribution in [0.4, 0.5) is 10.1 Å². The van der Waals surface area contributed by atoms with E-state index >= 15 is 0 Å². The van der Waals surface area contributed by atoms with Crippen molar-refractivity contribution < 1.29 is 24.2 Å². The van der Waals surface area contributed by atoms with Crippen molar-refractivity contribution in [1.29, 1.82) is 0 Å². The summed E-state index contributed by atoms with van der Waals surface area (Å²) in [6, 6.07) is 24.9.